The van der Waals surface area contributed by atoms with Gasteiger partial charge in [0.15, 0.2) is 0 Å². The number of anilines is 1. The first-order chi connectivity index (χ1) is 14.1. The second-order valence-electron chi connectivity index (χ2n) is 6.37. The summed E-state index contributed by atoms with van der Waals surface area (Å²) in [5.74, 6) is -0.716. The summed E-state index contributed by atoms with van der Waals surface area (Å²) in [6.45, 7) is 5.87. The van der Waals surface area contributed by atoms with Crippen LogP contribution in [0.25, 0.3) is 17.0 Å². The number of esters is 1. The van der Waals surface area contributed by atoms with E-state index in [-0.39, 0.29) is 12.2 Å². The molecule has 0 aliphatic rings. The topological polar surface area (TPSA) is 59.8 Å². The van der Waals surface area contributed by atoms with Crippen molar-refractivity contribution in [3.63, 3.8) is 0 Å². The average molecular weight is 389 g/mol. The molecular formula is C24H23NO4. The number of carbonyl (C=O) groups excluding carboxylic acids is 1. The van der Waals surface area contributed by atoms with E-state index in [1.807, 2.05) is 42.5 Å². The third-order valence-corrected chi connectivity index (χ3v) is 4.53. The van der Waals surface area contributed by atoms with E-state index in [4.69, 9.17) is 9.15 Å². The molecule has 0 N–H and O–H groups in total. The van der Waals surface area contributed by atoms with Crippen molar-refractivity contribution in [2.24, 2.45) is 0 Å². The Morgan fingerprint density at radius 3 is 2.59 bits per heavy atom. The normalized spacial score (nSPS) is 10.3. The molecule has 0 saturated carbocycles. The van der Waals surface area contributed by atoms with Gasteiger partial charge in [0.25, 0.3) is 0 Å². The number of hydrogen-bond acceptors (Lipinski definition) is 5. The number of nitrogens with zero attached hydrogens (tertiary/aromatic N) is 1. The number of hydrogen-bond donors (Lipinski definition) is 0. The maximum atomic E-state index is 12.3. The molecule has 1 heterocycles. The molecule has 0 spiro atoms. The zero-order chi connectivity index (χ0) is 20.6. The fourth-order valence-electron chi connectivity index (χ4n) is 2.99. The summed E-state index contributed by atoms with van der Waals surface area (Å²) in [5.41, 5.74) is 4.57. The Bertz CT molecular complexity index is 1100. The lowest BCUT2D eigenvalue weighted by Crippen LogP contribution is -2.21. The summed E-state index contributed by atoms with van der Waals surface area (Å²) >= 11 is 0. The van der Waals surface area contributed by atoms with Gasteiger partial charge in [-0.1, -0.05) is 30.3 Å². The van der Waals surface area contributed by atoms with Crippen molar-refractivity contribution in [1.29, 1.82) is 0 Å². The second-order valence-corrected chi connectivity index (χ2v) is 6.37. The Hall–Kier alpha value is -3.56. The fraction of sp³-hybridized carbons (Fsp3) is 0.208. The lowest BCUT2D eigenvalue weighted by Gasteiger charge is -2.21. The molecule has 0 amide bonds. The molecular weight excluding hydrogens is 366 g/mol. The van der Waals surface area contributed by atoms with E-state index in [2.05, 4.69) is 24.5 Å². The highest BCUT2D eigenvalue weighted by Crippen LogP contribution is 2.22. The number of fused-ring (bicyclic) bond motifs is 1. The largest absolute Gasteiger partial charge is 0.457 e. The van der Waals surface area contributed by atoms with Crippen LogP contribution >= 0.6 is 0 Å². The highest BCUT2D eigenvalue weighted by atomic mass is 16.5. The van der Waals surface area contributed by atoms with Gasteiger partial charge in [0, 0.05) is 24.2 Å². The molecule has 3 aromatic rings. The molecule has 0 saturated heterocycles. The van der Waals surface area contributed by atoms with Crippen LogP contribution < -0.4 is 10.5 Å². The van der Waals surface area contributed by atoms with E-state index in [0.717, 1.165) is 24.3 Å². The third-order valence-electron chi connectivity index (χ3n) is 4.53. The summed E-state index contributed by atoms with van der Waals surface area (Å²) in [6.07, 6.45) is 3.37. The molecule has 1 aromatic heterocycles. The van der Waals surface area contributed by atoms with Gasteiger partial charge in [0.2, 0.25) is 0 Å². The minimum atomic E-state index is -0.716. The minimum Gasteiger partial charge on any atom is -0.457 e. The van der Waals surface area contributed by atoms with Gasteiger partial charge in [-0.15, -0.1) is 5.73 Å². The second kappa shape index (κ2) is 9.58. The van der Waals surface area contributed by atoms with E-state index in [1.54, 1.807) is 18.2 Å². The molecule has 0 bridgehead atoms. The molecule has 0 unspecified atom stereocenters. The standard InChI is InChI=1S/C24H23NO4/c1-3-25(4-2)20-13-14-22-19(16-20)17-21(24(27)29-22)23(26)28-15-9-8-12-18-10-6-5-7-11-18/h5-7,9-14,16-17H,3-4,15H2,1-2H3. The highest BCUT2D eigenvalue weighted by molar-refractivity contribution is 5.93. The van der Waals surface area contributed by atoms with Crippen LogP contribution in [0.4, 0.5) is 5.69 Å². The maximum absolute atomic E-state index is 12.3. The van der Waals surface area contributed by atoms with Gasteiger partial charge in [-0.2, -0.15) is 0 Å². The fourth-order valence-corrected chi connectivity index (χ4v) is 2.99. The molecule has 148 valence electrons. The van der Waals surface area contributed by atoms with Crippen molar-refractivity contribution in [1.82, 2.24) is 0 Å². The predicted molar refractivity (Wildman–Crippen MR) is 115 cm³/mol. The van der Waals surface area contributed by atoms with E-state index in [0.29, 0.717) is 11.0 Å². The van der Waals surface area contributed by atoms with Crippen molar-refractivity contribution < 1.29 is 13.9 Å². The molecule has 0 atom stereocenters. The number of carbonyl (C=O) groups is 1. The van der Waals surface area contributed by atoms with Crippen molar-refractivity contribution >= 4 is 28.7 Å². The molecule has 0 aliphatic heterocycles. The van der Waals surface area contributed by atoms with E-state index in [1.165, 1.54) is 6.07 Å². The average Bonchev–Trinajstić information content (AvgIpc) is 2.74. The minimum absolute atomic E-state index is 0.0130. The summed E-state index contributed by atoms with van der Waals surface area (Å²) in [4.78, 5) is 26.7. The van der Waals surface area contributed by atoms with Crippen LogP contribution in [0, 0.1) is 0 Å². The molecule has 0 fully saturated rings. The lowest BCUT2D eigenvalue weighted by molar-refractivity contribution is 0.0545. The Balaban J connectivity index is 1.75. The van der Waals surface area contributed by atoms with E-state index in [9.17, 15) is 9.59 Å². The quantitative estimate of drug-likeness (QED) is 0.334. The first-order valence-electron chi connectivity index (χ1n) is 9.58. The highest BCUT2D eigenvalue weighted by Gasteiger charge is 2.15. The summed E-state index contributed by atoms with van der Waals surface area (Å²) < 4.78 is 10.5. The van der Waals surface area contributed by atoms with Gasteiger partial charge in [-0.25, -0.2) is 9.59 Å². The maximum Gasteiger partial charge on any atom is 0.351 e. The first kappa shape index (κ1) is 20.2. The van der Waals surface area contributed by atoms with Gasteiger partial charge in [-0.3, -0.25) is 0 Å². The molecule has 0 radical (unpaired) electrons. The van der Waals surface area contributed by atoms with Crippen LogP contribution in [0.15, 0.2) is 75.6 Å². The monoisotopic (exact) mass is 389 g/mol. The predicted octanol–water partition coefficient (Wildman–Crippen LogP) is 4.66. The van der Waals surface area contributed by atoms with E-state index >= 15 is 0 Å². The molecule has 29 heavy (non-hydrogen) atoms. The number of rotatable bonds is 7. The molecule has 0 aliphatic carbocycles. The van der Waals surface area contributed by atoms with Crippen molar-refractivity contribution in [3.05, 3.63) is 88.0 Å². The van der Waals surface area contributed by atoms with Gasteiger partial charge < -0.3 is 14.1 Å². The Morgan fingerprint density at radius 1 is 1.10 bits per heavy atom. The van der Waals surface area contributed by atoms with Crippen LogP contribution in [0.3, 0.4) is 0 Å². The summed E-state index contributed by atoms with van der Waals surface area (Å²) in [7, 11) is 0. The van der Waals surface area contributed by atoms with Crippen LogP contribution in [0.1, 0.15) is 29.8 Å². The van der Waals surface area contributed by atoms with Crippen LogP contribution in [0.2, 0.25) is 0 Å². The Kier molecular flexibility index (Phi) is 6.67. The van der Waals surface area contributed by atoms with Crippen LogP contribution in [-0.4, -0.2) is 25.7 Å². The molecule has 2 aromatic carbocycles. The number of ether oxygens (including phenoxy) is 1. The first-order valence-corrected chi connectivity index (χ1v) is 9.58. The SMILES string of the molecule is CCN(CC)c1ccc2oc(=O)c(C(=O)OCC=C=Cc3ccccc3)cc2c1. The third kappa shape index (κ3) is 5.03. The van der Waals surface area contributed by atoms with Crippen LogP contribution in [-0.2, 0) is 4.74 Å². The summed E-state index contributed by atoms with van der Waals surface area (Å²) in [5, 5.41) is 0.681. The van der Waals surface area contributed by atoms with Crippen molar-refractivity contribution in [3.8, 4) is 0 Å². The van der Waals surface area contributed by atoms with E-state index < -0.39 is 11.6 Å². The van der Waals surface area contributed by atoms with Gasteiger partial charge in [-0.05, 0) is 55.8 Å². The molecule has 5 nitrogen and oxygen atoms in total. The zero-order valence-corrected chi connectivity index (χ0v) is 16.6. The van der Waals surface area contributed by atoms with Gasteiger partial charge >= 0.3 is 11.6 Å². The van der Waals surface area contributed by atoms with Gasteiger partial charge in [0.05, 0.1) is 0 Å². The lowest BCUT2D eigenvalue weighted by atomic mass is 10.1. The zero-order valence-electron chi connectivity index (χ0n) is 16.6. The van der Waals surface area contributed by atoms with Crippen molar-refractivity contribution in [2.75, 3.05) is 24.6 Å². The molecule has 3 rings (SSSR count). The van der Waals surface area contributed by atoms with Crippen molar-refractivity contribution in [2.45, 2.75) is 13.8 Å². The van der Waals surface area contributed by atoms with Gasteiger partial charge in [0.1, 0.15) is 17.8 Å². The Labute approximate surface area is 169 Å². The Morgan fingerprint density at radius 2 is 1.86 bits per heavy atom. The summed E-state index contributed by atoms with van der Waals surface area (Å²) in [6, 6.07) is 16.8. The molecule has 5 heteroatoms. The smallest absolute Gasteiger partial charge is 0.351 e. The van der Waals surface area contributed by atoms with Crippen LogP contribution in [0.5, 0.6) is 0 Å². The number of benzene rings is 2.